The second-order valence-corrected chi connectivity index (χ2v) is 15.8. The number of hydrogen-bond acceptors (Lipinski definition) is 2. The van der Waals surface area contributed by atoms with Gasteiger partial charge >= 0.3 is 160 Å². The van der Waals surface area contributed by atoms with Gasteiger partial charge in [0.25, 0.3) is 0 Å². The van der Waals surface area contributed by atoms with Crippen LogP contribution in [0.1, 0.15) is 0 Å². The number of benzene rings is 3. The SMILES string of the molecule is CN(C)C(=S)[O][Sn]([c]1ccccc1)([c]1ccccc1)[c]1ccccc1. The predicted octanol–water partition coefficient (Wildman–Crippen LogP) is 2.52. The molecule has 126 valence electrons. The molecule has 0 saturated carbocycles. The maximum absolute atomic E-state index is 6.73. The predicted molar refractivity (Wildman–Crippen MR) is 111 cm³/mol. The van der Waals surface area contributed by atoms with Crippen LogP contribution in [-0.4, -0.2) is 43.0 Å². The minimum atomic E-state index is -3.72. The van der Waals surface area contributed by atoms with Crippen LogP contribution in [0, 0.1) is 0 Å². The fourth-order valence-corrected chi connectivity index (χ4v) is 14.6. The van der Waals surface area contributed by atoms with Gasteiger partial charge in [0.15, 0.2) is 0 Å². The van der Waals surface area contributed by atoms with Crippen molar-refractivity contribution >= 4 is 46.9 Å². The minimum absolute atomic E-state index is 0.535. The zero-order valence-corrected chi connectivity index (χ0v) is 18.1. The molecule has 0 aliphatic heterocycles. The van der Waals surface area contributed by atoms with Gasteiger partial charge in [-0.3, -0.25) is 0 Å². The van der Waals surface area contributed by atoms with Crippen LogP contribution < -0.4 is 10.7 Å². The summed E-state index contributed by atoms with van der Waals surface area (Å²) in [6.07, 6.45) is 0. The van der Waals surface area contributed by atoms with Crippen LogP contribution >= 0.6 is 12.2 Å². The van der Waals surface area contributed by atoms with Gasteiger partial charge in [0.1, 0.15) is 0 Å². The summed E-state index contributed by atoms with van der Waals surface area (Å²) >= 11 is 1.86. The van der Waals surface area contributed by atoms with Crippen molar-refractivity contribution in [1.82, 2.24) is 4.90 Å². The van der Waals surface area contributed by atoms with Gasteiger partial charge in [-0.1, -0.05) is 0 Å². The Morgan fingerprint density at radius 1 is 0.680 bits per heavy atom. The van der Waals surface area contributed by atoms with Crippen molar-refractivity contribution in [2.24, 2.45) is 0 Å². The molecule has 0 saturated heterocycles. The van der Waals surface area contributed by atoms with E-state index < -0.39 is 18.8 Å². The molecule has 0 spiro atoms. The van der Waals surface area contributed by atoms with Gasteiger partial charge in [-0.2, -0.15) is 0 Å². The second kappa shape index (κ2) is 8.02. The summed E-state index contributed by atoms with van der Waals surface area (Å²) in [5, 5.41) is 0.535. The molecule has 0 amide bonds. The van der Waals surface area contributed by atoms with E-state index in [0.717, 1.165) is 0 Å². The Labute approximate surface area is 159 Å². The number of thiocarbonyl (C=S) groups is 1. The Bertz CT molecular complexity index is 726. The van der Waals surface area contributed by atoms with Crippen LogP contribution in [0.25, 0.3) is 0 Å². The molecule has 0 fully saturated rings. The molecule has 2 nitrogen and oxygen atoms in total. The molecule has 0 aliphatic rings. The van der Waals surface area contributed by atoms with E-state index in [2.05, 4.69) is 72.8 Å². The summed E-state index contributed by atoms with van der Waals surface area (Å²) in [7, 11) is 3.86. The zero-order valence-electron chi connectivity index (χ0n) is 14.4. The molecule has 0 radical (unpaired) electrons. The standard InChI is InChI=1S/3C6H5.C3H7NOS.Sn/c3*1-2-4-6-5-3-1;1-4(2)3(5)6;/h3*1-5H;1-2H3,(H,5,6);/q;;;;+1/p-1. The van der Waals surface area contributed by atoms with Crippen LogP contribution in [0.2, 0.25) is 0 Å². The molecule has 0 aromatic heterocycles. The Balaban J connectivity index is 2.29. The topological polar surface area (TPSA) is 12.5 Å². The Morgan fingerprint density at radius 3 is 1.28 bits per heavy atom. The van der Waals surface area contributed by atoms with Gasteiger partial charge in [0, 0.05) is 0 Å². The monoisotopic (exact) mass is 455 g/mol. The first-order valence-electron chi connectivity index (χ1n) is 8.21. The third kappa shape index (κ3) is 3.72. The van der Waals surface area contributed by atoms with Crippen molar-refractivity contribution < 1.29 is 3.07 Å². The van der Waals surface area contributed by atoms with E-state index in [4.69, 9.17) is 15.3 Å². The van der Waals surface area contributed by atoms with Crippen LogP contribution in [-0.2, 0) is 3.07 Å². The van der Waals surface area contributed by atoms with Gasteiger partial charge in [0.05, 0.1) is 0 Å². The third-order valence-electron chi connectivity index (χ3n) is 4.15. The number of rotatable bonds is 4. The van der Waals surface area contributed by atoms with Crippen molar-refractivity contribution in [3.63, 3.8) is 0 Å². The first-order valence-corrected chi connectivity index (χ1v) is 14.1. The van der Waals surface area contributed by atoms with Gasteiger partial charge < -0.3 is 0 Å². The molecule has 0 bridgehead atoms. The van der Waals surface area contributed by atoms with E-state index in [9.17, 15) is 0 Å². The molecule has 0 N–H and O–H groups in total. The second-order valence-electron chi connectivity index (χ2n) is 6.04. The average molecular weight is 454 g/mol. The van der Waals surface area contributed by atoms with E-state index in [1.807, 2.05) is 37.2 Å². The molecule has 0 aliphatic carbocycles. The van der Waals surface area contributed by atoms with Crippen LogP contribution in [0.4, 0.5) is 0 Å². The summed E-state index contributed by atoms with van der Waals surface area (Å²) in [6.45, 7) is 0. The Kier molecular flexibility index (Phi) is 5.76. The zero-order chi connectivity index (χ0) is 17.7. The van der Waals surface area contributed by atoms with Crippen LogP contribution in [0.3, 0.4) is 0 Å². The third-order valence-corrected chi connectivity index (χ3v) is 16.3. The van der Waals surface area contributed by atoms with Crippen molar-refractivity contribution in [3.05, 3.63) is 91.0 Å². The van der Waals surface area contributed by atoms with E-state index in [1.165, 1.54) is 10.7 Å². The van der Waals surface area contributed by atoms with Crippen molar-refractivity contribution in [2.75, 3.05) is 14.1 Å². The van der Waals surface area contributed by atoms with Gasteiger partial charge in [0.2, 0.25) is 0 Å². The van der Waals surface area contributed by atoms with E-state index >= 15 is 0 Å². The molecule has 25 heavy (non-hydrogen) atoms. The number of nitrogens with zero attached hydrogens (tertiary/aromatic N) is 1. The van der Waals surface area contributed by atoms with Crippen LogP contribution in [0.15, 0.2) is 91.0 Å². The van der Waals surface area contributed by atoms with E-state index in [-0.39, 0.29) is 0 Å². The normalized spacial score (nSPS) is 11.0. The molecular weight excluding hydrogens is 433 g/mol. The summed E-state index contributed by atoms with van der Waals surface area (Å²) in [5.41, 5.74) is 0. The summed E-state index contributed by atoms with van der Waals surface area (Å²) < 4.78 is 10.5. The summed E-state index contributed by atoms with van der Waals surface area (Å²) in [6, 6.07) is 31.6. The Morgan fingerprint density at radius 2 is 1.00 bits per heavy atom. The van der Waals surface area contributed by atoms with Gasteiger partial charge in [-0.15, -0.1) is 0 Å². The molecular formula is C21H21NOSSn. The molecule has 0 heterocycles. The first-order chi connectivity index (χ1) is 12.1. The van der Waals surface area contributed by atoms with Crippen molar-refractivity contribution in [3.8, 4) is 0 Å². The maximum atomic E-state index is 6.73. The van der Waals surface area contributed by atoms with Crippen molar-refractivity contribution in [2.45, 2.75) is 0 Å². The van der Waals surface area contributed by atoms with Gasteiger partial charge in [-0.25, -0.2) is 0 Å². The average Bonchev–Trinajstić information content (AvgIpc) is 2.68. The summed E-state index contributed by atoms with van der Waals surface area (Å²) in [5.74, 6) is 0. The fourth-order valence-electron chi connectivity index (χ4n) is 2.92. The molecule has 4 heteroatoms. The fraction of sp³-hybridized carbons (Fsp3) is 0.0952. The van der Waals surface area contributed by atoms with E-state index in [1.54, 1.807) is 0 Å². The molecule has 3 aromatic carbocycles. The van der Waals surface area contributed by atoms with E-state index in [0.29, 0.717) is 5.17 Å². The van der Waals surface area contributed by atoms with Gasteiger partial charge in [-0.05, 0) is 0 Å². The number of hydrogen-bond donors (Lipinski definition) is 0. The van der Waals surface area contributed by atoms with Crippen molar-refractivity contribution in [1.29, 1.82) is 0 Å². The quantitative estimate of drug-likeness (QED) is 0.445. The summed E-state index contributed by atoms with van der Waals surface area (Å²) in [4.78, 5) is 1.87. The molecule has 0 unspecified atom stereocenters. The van der Waals surface area contributed by atoms with Crippen LogP contribution in [0.5, 0.6) is 0 Å². The molecule has 3 rings (SSSR count). The first kappa shape index (κ1) is 18.0. The molecule has 0 atom stereocenters. The molecule has 3 aromatic rings. The Hall–Kier alpha value is -1.85.